The summed E-state index contributed by atoms with van der Waals surface area (Å²) in [7, 11) is 0. The minimum absolute atomic E-state index is 0. The Hall–Kier alpha value is -0.370. The van der Waals surface area contributed by atoms with Gasteiger partial charge in [-0.25, -0.2) is 0 Å². The lowest BCUT2D eigenvalue weighted by atomic mass is 10.6. The van der Waals surface area contributed by atoms with Crippen LogP contribution in [0.2, 0.25) is 0 Å². The molecule has 0 aromatic carbocycles. The van der Waals surface area contributed by atoms with Crippen molar-refractivity contribution in [2.24, 2.45) is 5.73 Å². The zero-order valence-electron chi connectivity index (χ0n) is 7.52. The summed E-state index contributed by atoms with van der Waals surface area (Å²) < 4.78 is 0.856. The van der Waals surface area contributed by atoms with E-state index < -0.39 is 0 Å². The van der Waals surface area contributed by atoms with Gasteiger partial charge in [0, 0.05) is 0 Å². The molecule has 0 saturated carbocycles. The number of carbonyl (C=O) groups is 1. The third-order valence-corrected chi connectivity index (χ3v) is 2.96. The molecular formula is C6H11ClN4OS2. The number of hydrogen-bond acceptors (Lipinski definition) is 6. The van der Waals surface area contributed by atoms with Gasteiger partial charge in [-0.3, -0.25) is 10.1 Å². The van der Waals surface area contributed by atoms with Gasteiger partial charge in [-0.05, 0) is 5.75 Å². The number of nitrogens with zero attached hydrogens (tertiary/aromatic N) is 2. The quantitative estimate of drug-likeness (QED) is 0.618. The van der Waals surface area contributed by atoms with Crippen LogP contribution in [0.3, 0.4) is 0 Å². The van der Waals surface area contributed by atoms with E-state index in [-0.39, 0.29) is 24.9 Å². The predicted molar refractivity (Wildman–Crippen MR) is 61.2 cm³/mol. The third-order valence-electron chi connectivity index (χ3n) is 1.11. The van der Waals surface area contributed by atoms with E-state index in [9.17, 15) is 4.79 Å². The van der Waals surface area contributed by atoms with Gasteiger partial charge in [-0.2, -0.15) is 0 Å². The van der Waals surface area contributed by atoms with Gasteiger partial charge in [-0.1, -0.05) is 30.0 Å². The van der Waals surface area contributed by atoms with Crippen LogP contribution in [0.15, 0.2) is 4.34 Å². The number of thioether (sulfide) groups is 1. The Morgan fingerprint density at radius 2 is 2.36 bits per heavy atom. The average molecular weight is 255 g/mol. The van der Waals surface area contributed by atoms with Crippen LogP contribution in [0.4, 0.5) is 5.13 Å². The van der Waals surface area contributed by atoms with Crippen LogP contribution in [-0.2, 0) is 4.79 Å². The molecule has 0 aliphatic carbocycles. The third kappa shape index (κ3) is 4.23. The van der Waals surface area contributed by atoms with Crippen LogP contribution in [0.1, 0.15) is 6.92 Å². The van der Waals surface area contributed by atoms with Crippen LogP contribution in [0.25, 0.3) is 0 Å². The second-order valence-electron chi connectivity index (χ2n) is 2.06. The molecule has 14 heavy (non-hydrogen) atoms. The van der Waals surface area contributed by atoms with Crippen molar-refractivity contribution in [1.82, 2.24) is 10.2 Å². The van der Waals surface area contributed by atoms with Gasteiger partial charge in [0.1, 0.15) is 0 Å². The first-order chi connectivity index (χ1) is 6.26. The Balaban J connectivity index is 0.00000169. The number of carbonyl (C=O) groups excluding carboxylic acids is 1. The maximum Gasteiger partial charge on any atom is 0.239 e. The van der Waals surface area contributed by atoms with Crippen LogP contribution < -0.4 is 11.1 Å². The molecule has 1 aromatic heterocycles. The van der Waals surface area contributed by atoms with Gasteiger partial charge in [-0.15, -0.1) is 22.6 Å². The molecule has 1 amide bonds. The maximum absolute atomic E-state index is 10.8. The lowest BCUT2D eigenvalue weighted by Crippen LogP contribution is -2.21. The zero-order valence-corrected chi connectivity index (χ0v) is 9.97. The molecule has 1 aromatic rings. The van der Waals surface area contributed by atoms with Crippen LogP contribution in [-0.4, -0.2) is 28.4 Å². The molecule has 0 radical (unpaired) electrons. The van der Waals surface area contributed by atoms with Crippen molar-refractivity contribution in [2.75, 3.05) is 17.6 Å². The topological polar surface area (TPSA) is 80.9 Å². The van der Waals surface area contributed by atoms with E-state index in [2.05, 4.69) is 15.5 Å². The van der Waals surface area contributed by atoms with Crippen LogP contribution in [0, 0.1) is 0 Å². The van der Waals surface area contributed by atoms with Crippen molar-refractivity contribution >= 4 is 46.5 Å². The van der Waals surface area contributed by atoms with Crippen molar-refractivity contribution < 1.29 is 4.79 Å². The normalized spacial score (nSPS) is 9.29. The summed E-state index contributed by atoms with van der Waals surface area (Å²) in [5.74, 6) is 0.698. The van der Waals surface area contributed by atoms with E-state index >= 15 is 0 Å². The number of halogens is 1. The highest BCUT2D eigenvalue weighted by molar-refractivity contribution is 8.01. The van der Waals surface area contributed by atoms with E-state index in [0.717, 1.165) is 10.1 Å². The zero-order chi connectivity index (χ0) is 9.68. The molecule has 3 N–H and O–H groups in total. The van der Waals surface area contributed by atoms with Crippen LogP contribution in [0.5, 0.6) is 0 Å². The Bertz CT molecular complexity index is 293. The molecule has 0 unspecified atom stereocenters. The molecule has 8 heteroatoms. The van der Waals surface area contributed by atoms with Gasteiger partial charge in [0.25, 0.3) is 0 Å². The highest BCUT2D eigenvalue weighted by Crippen LogP contribution is 2.24. The van der Waals surface area contributed by atoms with Gasteiger partial charge in [0.2, 0.25) is 11.0 Å². The van der Waals surface area contributed by atoms with E-state index in [0.29, 0.717) is 5.13 Å². The number of nitrogens with one attached hydrogen (secondary N) is 1. The highest BCUT2D eigenvalue weighted by atomic mass is 35.5. The number of rotatable bonds is 4. The maximum atomic E-state index is 10.8. The lowest BCUT2D eigenvalue weighted by molar-refractivity contribution is -0.114. The van der Waals surface area contributed by atoms with E-state index in [1.807, 2.05) is 6.92 Å². The van der Waals surface area contributed by atoms with Gasteiger partial charge < -0.3 is 5.73 Å². The summed E-state index contributed by atoms with van der Waals surface area (Å²) in [5.41, 5.74) is 5.12. The molecule has 0 atom stereocenters. The summed E-state index contributed by atoms with van der Waals surface area (Å²) in [6, 6.07) is 0. The second kappa shape index (κ2) is 6.99. The standard InChI is InChI=1S/C6H10N4OS2.ClH/c1-2-12-6-10-9-5(13-6)8-4(11)3-7;/h2-3,7H2,1H3,(H,8,9,11);1H. The van der Waals surface area contributed by atoms with E-state index in [1.54, 1.807) is 11.8 Å². The Kier molecular flexibility index (Phi) is 6.81. The number of nitrogens with two attached hydrogens (primary N) is 1. The number of amides is 1. The Morgan fingerprint density at radius 3 is 2.93 bits per heavy atom. The van der Waals surface area contributed by atoms with Crippen molar-refractivity contribution in [3.8, 4) is 0 Å². The van der Waals surface area contributed by atoms with Gasteiger partial charge in [0.05, 0.1) is 6.54 Å². The fraction of sp³-hybridized carbons (Fsp3) is 0.500. The summed E-state index contributed by atoms with van der Waals surface area (Å²) in [6.07, 6.45) is 0. The molecule has 0 aliphatic rings. The number of aromatic nitrogens is 2. The average Bonchev–Trinajstić information content (AvgIpc) is 2.53. The first-order valence-corrected chi connectivity index (χ1v) is 5.52. The van der Waals surface area contributed by atoms with Crippen molar-refractivity contribution in [3.05, 3.63) is 0 Å². The fourth-order valence-corrected chi connectivity index (χ4v) is 2.28. The fourth-order valence-electron chi connectivity index (χ4n) is 0.612. The molecule has 5 nitrogen and oxygen atoms in total. The SMILES string of the molecule is CCSc1nnc(NC(=O)CN)s1.Cl. The summed E-state index contributed by atoms with van der Waals surface area (Å²) in [5, 5.41) is 10.7. The van der Waals surface area contributed by atoms with E-state index in [1.165, 1.54) is 11.3 Å². The molecule has 80 valence electrons. The first-order valence-electron chi connectivity index (χ1n) is 3.72. The summed E-state index contributed by atoms with van der Waals surface area (Å²) >= 11 is 2.95. The highest BCUT2D eigenvalue weighted by Gasteiger charge is 2.05. The monoisotopic (exact) mass is 254 g/mol. The molecule has 1 rings (SSSR count). The van der Waals surface area contributed by atoms with Crippen molar-refractivity contribution in [3.63, 3.8) is 0 Å². The molecule has 0 spiro atoms. The lowest BCUT2D eigenvalue weighted by Gasteiger charge is -1.94. The largest absolute Gasteiger partial charge is 0.322 e. The van der Waals surface area contributed by atoms with Crippen LogP contribution >= 0.6 is 35.5 Å². The number of hydrogen-bond donors (Lipinski definition) is 2. The number of anilines is 1. The van der Waals surface area contributed by atoms with Gasteiger partial charge in [0.15, 0.2) is 4.34 Å². The molecule has 0 aliphatic heterocycles. The second-order valence-corrected chi connectivity index (χ2v) is 4.55. The molecule has 0 fully saturated rings. The minimum Gasteiger partial charge on any atom is -0.322 e. The summed E-state index contributed by atoms with van der Waals surface area (Å²) in [4.78, 5) is 10.8. The molecular weight excluding hydrogens is 244 g/mol. The molecule has 0 bridgehead atoms. The Morgan fingerprint density at radius 1 is 1.64 bits per heavy atom. The summed E-state index contributed by atoms with van der Waals surface area (Å²) in [6.45, 7) is 2.00. The minimum atomic E-state index is -0.246. The first kappa shape index (κ1) is 13.6. The molecule has 1 heterocycles. The van der Waals surface area contributed by atoms with E-state index in [4.69, 9.17) is 5.73 Å². The smallest absolute Gasteiger partial charge is 0.239 e. The molecule has 0 saturated heterocycles. The predicted octanol–water partition coefficient (Wildman–Crippen LogP) is 0.969. The van der Waals surface area contributed by atoms with Crippen molar-refractivity contribution in [2.45, 2.75) is 11.3 Å². The van der Waals surface area contributed by atoms with Crippen molar-refractivity contribution in [1.29, 1.82) is 0 Å². The Labute approximate surface area is 96.3 Å². The van der Waals surface area contributed by atoms with Gasteiger partial charge >= 0.3 is 0 Å².